The molecule has 8 heteroatoms. The zero-order chi connectivity index (χ0) is 18.2. The van der Waals surface area contributed by atoms with E-state index in [1.165, 1.54) is 48.0 Å². The van der Waals surface area contributed by atoms with Gasteiger partial charge in [0.15, 0.2) is 4.34 Å². The van der Waals surface area contributed by atoms with E-state index in [2.05, 4.69) is 44.4 Å². The second kappa shape index (κ2) is 9.59. The van der Waals surface area contributed by atoms with Crippen molar-refractivity contribution in [2.45, 2.75) is 23.6 Å². The first-order valence-corrected chi connectivity index (χ1v) is 10.5. The van der Waals surface area contributed by atoms with E-state index in [4.69, 9.17) is 0 Å². The molecular weight excluding hydrogens is 366 g/mol. The van der Waals surface area contributed by atoms with Gasteiger partial charge in [0.25, 0.3) is 0 Å². The Bertz CT molecular complexity index is 725. The van der Waals surface area contributed by atoms with E-state index < -0.39 is 0 Å². The van der Waals surface area contributed by atoms with Crippen molar-refractivity contribution < 1.29 is 4.79 Å². The number of anilines is 3. The van der Waals surface area contributed by atoms with Crippen LogP contribution in [0.3, 0.4) is 0 Å². The van der Waals surface area contributed by atoms with E-state index in [9.17, 15) is 4.79 Å². The summed E-state index contributed by atoms with van der Waals surface area (Å²) in [5.74, 6) is 0.265. The van der Waals surface area contributed by atoms with Gasteiger partial charge in [0.05, 0.1) is 5.75 Å². The number of aromatic nitrogens is 2. The van der Waals surface area contributed by atoms with Gasteiger partial charge in [-0.25, -0.2) is 0 Å². The highest BCUT2D eigenvalue weighted by Gasteiger charge is 2.11. The Kier molecular flexibility index (Phi) is 6.90. The fraction of sp³-hybridized carbons (Fsp3) is 0.389. The summed E-state index contributed by atoms with van der Waals surface area (Å²) in [5, 5.41) is 14.8. The molecule has 2 aromatic rings. The van der Waals surface area contributed by atoms with Gasteiger partial charge in [-0.05, 0) is 43.5 Å². The molecule has 0 radical (unpaired) electrons. The first-order chi connectivity index (χ1) is 12.7. The van der Waals surface area contributed by atoms with Crippen molar-refractivity contribution in [3.63, 3.8) is 0 Å². The van der Waals surface area contributed by atoms with Crippen LogP contribution in [0.4, 0.5) is 16.5 Å². The zero-order valence-corrected chi connectivity index (χ0v) is 16.2. The van der Waals surface area contributed by atoms with Crippen molar-refractivity contribution in [2.75, 3.05) is 40.9 Å². The Labute approximate surface area is 162 Å². The Morgan fingerprint density at radius 2 is 2.00 bits per heavy atom. The van der Waals surface area contributed by atoms with Gasteiger partial charge >= 0.3 is 0 Å². The van der Waals surface area contributed by atoms with Gasteiger partial charge in [0, 0.05) is 31.0 Å². The highest BCUT2D eigenvalue weighted by atomic mass is 32.2. The predicted octanol–water partition coefficient (Wildman–Crippen LogP) is 3.86. The number of nitrogens with zero attached hydrogens (tertiary/aromatic N) is 3. The van der Waals surface area contributed by atoms with Crippen LogP contribution in [0.2, 0.25) is 0 Å². The van der Waals surface area contributed by atoms with Gasteiger partial charge in [-0.3, -0.25) is 4.79 Å². The van der Waals surface area contributed by atoms with Crippen LogP contribution in [0.25, 0.3) is 0 Å². The van der Waals surface area contributed by atoms with Gasteiger partial charge < -0.3 is 15.5 Å². The maximum atomic E-state index is 12.1. The lowest BCUT2D eigenvalue weighted by Gasteiger charge is -2.28. The number of rotatable bonds is 8. The molecule has 2 N–H and O–H groups in total. The van der Waals surface area contributed by atoms with E-state index in [1.807, 2.05) is 12.1 Å². The third-order valence-corrected chi connectivity index (χ3v) is 6.02. The molecule has 2 heterocycles. The number of hydrogen-bond donors (Lipinski definition) is 2. The van der Waals surface area contributed by atoms with Crippen LogP contribution < -0.4 is 15.5 Å². The minimum Gasteiger partial charge on any atom is -0.372 e. The van der Waals surface area contributed by atoms with Crippen LogP contribution in [0.1, 0.15) is 19.3 Å². The number of hydrogen-bond acceptors (Lipinski definition) is 7. The summed E-state index contributed by atoms with van der Waals surface area (Å²) in [4.78, 5) is 14.5. The molecular formula is C18H23N5OS2. The smallest absolute Gasteiger partial charge is 0.234 e. The SMILES string of the molecule is C=CCNc1nnc(SCC(=O)Nc2ccc(N3CCCCC3)cc2)s1. The van der Waals surface area contributed by atoms with Gasteiger partial charge in [0.1, 0.15) is 0 Å². The molecule has 0 spiro atoms. The minimum atomic E-state index is -0.0449. The van der Waals surface area contributed by atoms with Crippen LogP contribution in [0.5, 0.6) is 0 Å². The molecule has 1 aromatic carbocycles. The molecule has 0 saturated carbocycles. The summed E-state index contributed by atoms with van der Waals surface area (Å²) in [5.41, 5.74) is 2.05. The number of nitrogens with one attached hydrogen (secondary N) is 2. The Morgan fingerprint density at radius 1 is 1.23 bits per heavy atom. The molecule has 1 saturated heterocycles. The van der Waals surface area contributed by atoms with Gasteiger partial charge in [-0.1, -0.05) is 29.2 Å². The molecule has 1 aromatic heterocycles. The normalized spacial score (nSPS) is 14.1. The molecule has 0 bridgehead atoms. The first kappa shape index (κ1) is 18.7. The average molecular weight is 390 g/mol. The first-order valence-electron chi connectivity index (χ1n) is 8.70. The van der Waals surface area contributed by atoms with Gasteiger partial charge in [-0.15, -0.1) is 16.8 Å². The van der Waals surface area contributed by atoms with Crippen LogP contribution in [0, 0.1) is 0 Å². The molecule has 1 amide bonds. The monoisotopic (exact) mass is 389 g/mol. The lowest BCUT2D eigenvalue weighted by atomic mass is 10.1. The Morgan fingerprint density at radius 3 is 2.73 bits per heavy atom. The fourth-order valence-electron chi connectivity index (χ4n) is 2.73. The summed E-state index contributed by atoms with van der Waals surface area (Å²) in [6.45, 7) is 6.53. The standard InChI is InChI=1S/C18H23N5OS2/c1-2-10-19-17-21-22-18(26-17)25-13-16(24)20-14-6-8-15(9-7-14)23-11-4-3-5-12-23/h2,6-9H,1,3-5,10-13H2,(H,19,21)(H,20,24). The van der Waals surface area contributed by atoms with Crippen molar-refractivity contribution >= 4 is 45.5 Å². The van der Waals surface area contributed by atoms with Crippen molar-refractivity contribution in [2.24, 2.45) is 0 Å². The minimum absolute atomic E-state index is 0.0449. The number of piperidine rings is 1. The van der Waals surface area contributed by atoms with Gasteiger partial charge in [0.2, 0.25) is 11.0 Å². The lowest BCUT2D eigenvalue weighted by molar-refractivity contribution is -0.113. The topological polar surface area (TPSA) is 70.1 Å². The summed E-state index contributed by atoms with van der Waals surface area (Å²) < 4.78 is 0.771. The molecule has 0 atom stereocenters. The number of thioether (sulfide) groups is 1. The van der Waals surface area contributed by atoms with Crippen LogP contribution in [0.15, 0.2) is 41.3 Å². The second-order valence-electron chi connectivity index (χ2n) is 5.97. The van der Waals surface area contributed by atoms with Crippen LogP contribution in [-0.2, 0) is 4.79 Å². The lowest BCUT2D eigenvalue weighted by Crippen LogP contribution is -2.29. The summed E-state index contributed by atoms with van der Waals surface area (Å²) >= 11 is 2.82. The molecule has 138 valence electrons. The largest absolute Gasteiger partial charge is 0.372 e. The Balaban J connectivity index is 1.45. The third kappa shape index (κ3) is 5.47. The summed E-state index contributed by atoms with van der Waals surface area (Å²) in [7, 11) is 0. The van der Waals surface area contributed by atoms with E-state index in [1.54, 1.807) is 6.08 Å². The quantitative estimate of drug-likeness (QED) is 0.528. The van der Waals surface area contributed by atoms with E-state index in [0.29, 0.717) is 12.3 Å². The third-order valence-electron chi connectivity index (χ3n) is 4.00. The van der Waals surface area contributed by atoms with E-state index in [-0.39, 0.29) is 5.91 Å². The molecule has 0 unspecified atom stereocenters. The van der Waals surface area contributed by atoms with Crippen LogP contribution >= 0.6 is 23.1 Å². The number of amides is 1. The van der Waals surface area contributed by atoms with E-state index >= 15 is 0 Å². The van der Waals surface area contributed by atoms with Crippen molar-refractivity contribution in [1.29, 1.82) is 0 Å². The number of carbonyl (C=O) groups excluding carboxylic acids is 1. The molecule has 1 fully saturated rings. The maximum absolute atomic E-state index is 12.1. The van der Waals surface area contributed by atoms with Crippen molar-refractivity contribution in [3.05, 3.63) is 36.9 Å². The van der Waals surface area contributed by atoms with E-state index in [0.717, 1.165) is 28.2 Å². The molecule has 1 aliphatic rings. The zero-order valence-electron chi connectivity index (χ0n) is 14.6. The van der Waals surface area contributed by atoms with Crippen molar-refractivity contribution in [1.82, 2.24) is 10.2 Å². The van der Waals surface area contributed by atoms with Gasteiger partial charge in [-0.2, -0.15) is 0 Å². The summed E-state index contributed by atoms with van der Waals surface area (Å²) in [6, 6.07) is 8.09. The van der Waals surface area contributed by atoms with Crippen molar-refractivity contribution in [3.8, 4) is 0 Å². The Hall–Kier alpha value is -2.06. The highest BCUT2D eigenvalue weighted by molar-refractivity contribution is 8.01. The van der Waals surface area contributed by atoms with Crippen LogP contribution in [-0.4, -0.2) is 41.5 Å². The molecule has 6 nitrogen and oxygen atoms in total. The fourth-order valence-corrected chi connectivity index (χ4v) is 4.29. The predicted molar refractivity (Wildman–Crippen MR) is 110 cm³/mol. The molecule has 0 aliphatic carbocycles. The molecule has 1 aliphatic heterocycles. The average Bonchev–Trinajstić information content (AvgIpc) is 3.14. The summed E-state index contributed by atoms with van der Waals surface area (Å²) in [6.07, 6.45) is 5.60. The number of carbonyl (C=O) groups is 1. The number of benzene rings is 1. The molecule has 3 rings (SSSR count). The second-order valence-corrected chi connectivity index (χ2v) is 8.17. The molecule has 26 heavy (non-hydrogen) atoms. The highest BCUT2D eigenvalue weighted by Crippen LogP contribution is 2.26. The maximum Gasteiger partial charge on any atom is 0.234 e.